The number of carbonyl (C=O) groups is 1. The smallest absolute Gasteiger partial charge is 0.238 e. The van der Waals surface area contributed by atoms with E-state index in [-0.39, 0.29) is 5.91 Å². The molecule has 160 valence electrons. The van der Waals surface area contributed by atoms with Gasteiger partial charge in [-0.3, -0.25) is 9.36 Å². The Hall–Kier alpha value is -3.12. The van der Waals surface area contributed by atoms with Gasteiger partial charge in [0, 0.05) is 16.3 Å². The standard InChI is InChI=1S/C23H18ClN5OS2/c1-14-3-5-16(6-4-14)20-27-28-23(29(20)19-9-7-18(24)8-10-19)32-15(2)21(30)26-22-17(13-25)11-12-31-22/h3-12,15H,1-2H3,(H,26,30). The molecular weight excluding hydrogens is 462 g/mol. The molecule has 0 saturated heterocycles. The lowest BCUT2D eigenvalue weighted by Gasteiger charge is -2.14. The number of benzene rings is 2. The first-order valence-corrected chi connectivity index (χ1v) is 11.8. The van der Waals surface area contributed by atoms with Gasteiger partial charge < -0.3 is 5.32 Å². The topological polar surface area (TPSA) is 83.6 Å². The quantitative estimate of drug-likeness (QED) is 0.345. The van der Waals surface area contributed by atoms with Crippen molar-refractivity contribution < 1.29 is 4.79 Å². The van der Waals surface area contributed by atoms with Crippen molar-refractivity contribution in [3.05, 3.63) is 76.1 Å². The second-order valence-electron chi connectivity index (χ2n) is 7.01. The Bertz CT molecular complexity index is 1290. The summed E-state index contributed by atoms with van der Waals surface area (Å²) in [6, 6.07) is 19.2. The van der Waals surface area contributed by atoms with Gasteiger partial charge in [0.15, 0.2) is 11.0 Å². The molecule has 4 aromatic rings. The van der Waals surface area contributed by atoms with Gasteiger partial charge in [-0.15, -0.1) is 21.5 Å². The summed E-state index contributed by atoms with van der Waals surface area (Å²) in [5.41, 5.74) is 3.36. The zero-order valence-corrected chi connectivity index (χ0v) is 19.6. The highest BCUT2D eigenvalue weighted by Gasteiger charge is 2.23. The fraction of sp³-hybridized carbons (Fsp3) is 0.130. The Morgan fingerprint density at radius 3 is 2.56 bits per heavy atom. The van der Waals surface area contributed by atoms with Crippen LogP contribution in [0.2, 0.25) is 5.02 Å². The number of rotatable bonds is 6. The van der Waals surface area contributed by atoms with Crippen LogP contribution in [-0.2, 0) is 4.79 Å². The number of anilines is 1. The number of hydrogen-bond donors (Lipinski definition) is 1. The number of amides is 1. The van der Waals surface area contributed by atoms with Gasteiger partial charge in [-0.05, 0) is 49.6 Å². The van der Waals surface area contributed by atoms with Crippen molar-refractivity contribution in [2.45, 2.75) is 24.3 Å². The normalized spacial score (nSPS) is 11.7. The highest BCUT2D eigenvalue weighted by molar-refractivity contribution is 8.00. The first kappa shape index (κ1) is 22.1. The Kier molecular flexibility index (Phi) is 6.61. The van der Waals surface area contributed by atoms with Crippen LogP contribution in [-0.4, -0.2) is 25.9 Å². The maximum absolute atomic E-state index is 12.8. The fourth-order valence-corrected chi connectivity index (χ4v) is 4.71. The van der Waals surface area contributed by atoms with Crippen molar-refractivity contribution in [1.82, 2.24) is 14.8 Å². The lowest BCUT2D eigenvalue weighted by Crippen LogP contribution is -2.22. The summed E-state index contributed by atoms with van der Waals surface area (Å²) >= 11 is 8.70. The zero-order valence-electron chi connectivity index (χ0n) is 17.2. The number of nitrogens with zero attached hydrogens (tertiary/aromatic N) is 4. The van der Waals surface area contributed by atoms with Crippen molar-refractivity contribution in [2.24, 2.45) is 0 Å². The van der Waals surface area contributed by atoms with Crippen LogP contribution in [0.15, 0.2) is 65.1 Å². The second-order valence-corrected chi connectivity index (χ2v) is 9.67. The Labute approximate surface area is 198 Å². The number of thioether (sulfide) groups is 1. The zero-order chi connectivity index (χ0) is 22.7. The molecule has 0 aliphatic carbocycles. The molecule has 0 bridgehead atoms. The van der Waals surface area contributed by atoms with E-state index in [0.717, 1.165) is 16.8 Å². The summed E-state index contributed by atoms with van der Waals surface area (Å²) in [6.07, 6.45) is 0. The number of aromatic nitrogens is 3. The largest absolute Gasteiger partial charge is 0.316 e. The summed E-state index contributed by atoms with van der Waals surface area (Å²) in [5, 5.41) is 23.9. The van der Waals surface area contributed by atoms with Gasteiger partial charge in [0.25, 0.3) is 0 Å². The Morgan fingerprint density at radius 1 is 1.16 bits per heavy atom. The fourth-order valence-electron chi connectivity index (χ4n) is 2.98. The average molecular weight is 480 g/mol. The van der Waals surface area contributed by atoms with E-state index in [0.29, 0.717) is 26.6 Å². The molecule has 1 unspecified atom stereocenters. The predicted molar refractivity (Wildman–Crippen MR) is 130 cm³/mol. The Balaban J connectivity index is 1.66. The summed E-state index contributed by atoms with van der Waals surface area (Å²) < 4.78 is 1.92. The number of carbonyl (C=O) groups excluding carboxylic acids is 1. The lowest BCUT2D eigenvalue weighted by molar-refractivity contribution is -0.115. The van der Waals surface area contributed by atoms with Crippen LogP contribution >= 0.6 is 34.7 Å². The van der Waals surface area contributed by atoms with E-state index in [1.54, 1.807) is 30.5 Å². The highest BCUT2D eigenvalue weighted by atomic mass is 35.5. The molecule has 2 aromatic carbocycles. The van der Waals surface area contributed by atoms with Crippen molar-refractivity contribution in [1.29, 1.82) is 5.26 Å². The van der Waals surface area contributed by atoms with Crippen molar-refractivity contribution in [2.75, 3.05) is 5.32 Å². The summed E-state index contributed by atoms with van der Waals surface area (Å²) in [4.78, 5) is 12.8. The van der Waals surface area contributed by atoms with E-state index < -0.39 is 5.25 Å². The molecule has 32 heavy (non-hydrogen) atoms. The molecule has 6 nitrogen and oxygen atoms in total. The van der Waals surface area contributed by atoms with Crippen LogP contribution in [0.4, 0.5) is 5.00 Å². The summed E-state index contributed by atoms with van der Waals surface area (Å²) in [6.45, 7) is 3.83. The van der Waals surface area contributed by atoms with E-state index >= 15 is 0 Å². The molecule has 2 aromatic heterocycles. The van der Waals surface area contributed by atoms with Gasteiger partial charge in [-0.25, -0.2) is 0 Å². The number of hydrogen-bond acceptors (Lipinski definition) is 6. The van der Waals surface area contributed by atoms with Gasteiger partial charge in [-0.1, -0.05) is 53.2 Å². The molecule has 1 N–H and O–H groups in total. The van der Waals surface area contributed by atoms with Crippen molar-refractivity contribution in [3.63, 3.8) is 0 Å². The monoisotopic (exact) mass is 479 g/mol. The summed E-state index contributed by atoms with van der Waals surface area (Å²) in [7, 11) is 0. The van der Waals surface area contributed by atoms with Crippen LogP contribution in [0.1, 0.15) is 18.1 Å². The summed E-state index contributed by atoms with van der Waals surface area (Å²) in [5.74, 6) is 0.462. The maximum Gasteiger partial charge on any atom is 0.238 e. The Morgan fingerprint density at radius 2 is 1.88 bits per heavy atom. The molecule has 9 heteroatoms. The van der Waals surface area contributed by atoms with E-state index in [4.69, 9.17) is 11.6 Å². The number of aryl methyl sites for hydroxylation is 1. The third kappa shape index (κ3) is 4.70. The molecule has 0 aliphatic heterocycles. The minimum Gasteiger partial charge on any atom is -0.316 e. The van der Waals surface area contributed by atoms with E-state index in [2.05, 4.69) is 21.6 Å². The number of halogens is 1. The third-order valence-corrected chi connectivity index (χ3v) is 6.83. The van der Waals surface area contributed by atoms with E-state index in [9.17, 15) is 10.1 Å². The first-order chi connectivity index (χ1) is 15.5. The molecule has 2 heterocycles. The molecule has 1 amide bonds. The molecule has 0 fully saturated rings. The van der Waals surface area contributed by atoms with Crippen LogP contribution in [0.25, 0.3) is 17.1 Å². The minimum absolute atomic E-state index is 0.212. The van der Waals surface area contributed by atoms with Crippen LogP contribution in [0, 0.1) is 18.3 Å². The van der Waals surface area contributed by atoms with Crippen LogP contribution in [0.5, 0.6) is 0 Å². The van der Waals surface area contributed by atoms with Gasteiger partial charge in [-0.2, -0.15) is 5.26 Å². The van der Waals surface area contributed by atoms with Gasteiger partial charge in [0.1, 0.15) is 11.1 Å². The number of nitrogens with one attached hydrogen (secondary N) is 1. The SMILES string of the molecule is Cc1ccc(-c2nnc(SC(C)C(=O)Nc3sccc3C#N)n2-c2ccc(Cl)cc2)cc1. The average Bonchev–Trinajstić information content (AvgIpc) is 3.41. The first-order valence-electron chi connectivity index (χ1n) is 9.70. The highest BCUT2D eigenvalue weighted by Crippen LogP contribution is 2.32. The molecule has 0 saturated carbocycles. The number of nitriles is 1. The second kappa shape index (κ2) is 9.57. The molecule has 0 radical (unpaired) electrons. The van der Waals surface area contributed by atoms with Crippen LogP contribution in [0.3, 0.4) is 0 Å². The van der Waals surface area contributed by atoms with E-state index in [1.807, 2.05) is 47.9 Å². The molecule has 0 spiro atoms. The van der Waals surface area contributed by atoms with Crippen molar-refractivity contribution in [3.8, 4) is 23.1 Å². The van der Waals surface area contributed by atoms with Gasteiger partial charge in [0.2, 0.25) is 5.91 Å². The lowest BCUT2D eigenvalue weighted by atomic mass is 10.1. The minimum atomic E-state index is -0.468. The van der Waals surface area contributed by atoms with Crippen LogP contribution < -0.4 is 5.32 Å². The molecule has 4 rings (SSSR count). The maximum atomic E-state index is 12.8. The predicted octanol–water partition coefficient (Wildman–Crippen LogP) is 5.95. The molecular formula is C23H18ClN5OS2. The van der Waals surface area contributed by atoms with Gasteiger partial charge in [0.05, 0.1) is 10.8 Å². The van der Waals surface area contributed by atoms with Gasteiger partial charge >= 0.3 is 0 Å². The van der Waals surface area contributed by atoms with Crippen molar-refractivity contribution >= 4 is 45.6 Å². The number of thiophene rings is 1. The molecule has 1 atom stereocenters. The third-order valence-electron chi connectivity index (χ3n) is 4.70. The molecule has 0 aliphatic rings. The van der Waals surface area contributed by atoms with E-state index in [1.165, 1.54) is 23.1 Å².